The third-order valence-corrected chi connectivity index (χ3v) is 3.49. The van der Waals surface area contributed by atoms with Gasteiger partial charge in [0.05, 0.1) is 6.04 Å². The van der Waals surface area contributed by atoms with Gasteiger partial charge >= 0.3 is 0 Å². The molecule has 1 aromatic rings. The van der Waals surface area contributed by atoms with E-state index in [0.717, 1.165) is 11.8 Å². The Hall–Kier alpha value is -2.60. The predicted octanol–water partition coefficient (Wildman–Crippen LogP) is 1.99. The van der Waals surface area contributed by atoms with Crippen molar-refractivity contribution in [1.29, 1.82) is 0 Å². The summed E-state index contributed by atoms with van der Waals surface area (Å²) in [5, 5.41) is 2.56. The van der Waals surface area contributed by atoms with E-state index in [4.69, 9.17) is 0 Å². The van der Waals surface area contributed by atoms with Crippen molar-refractivity contribution in [3.63, 3.8) is 0 Å². The fraction of sp³-hybridized carbons (Fsp3) is 0.368. The second-order valence-electron chi connectivity index (χ2n) is 5.42. The number of allylic oxidation sites excluding steroid dienone is 1. The van der Waals surface area contributed by atoms with Crippen molar-refractivity contribution in [2.75, 3.05) is 21.1 Å². The van der Waals surface area contributed by atoms with Gasteiger partial charge < -0.3 is 10.1 Å². The zero-order valence-electron chi connectivity index (χ0n) is 15.2. The van der Waals surface area contributed by atoms with E-state index in [-0.39, 0.29) is 11.9 Å². The summed E-state index contributed by atoms with van der Waals surface area (Å²) in [4.78, 5) is 44.3. The maximum absolute atomic E-state index is 11.2. The minimum atomic E-state index is -0.194. The first-order chi connectivity index (χ1) is 12.0. The number of benzene rings is 1. The average Bonchev–Trinajstić information content (AvgIpc) is 2.62. The molecule has 0 aliphatic carbocycles. The molecule has 0 spiro atoms. The van der Waals surface area contributed by atoms with Gasteiger partial charge in [0.1, 0.15) is 6.29 Å². The van der Waals surface area contributed by atoms with Crippen molar-refractivity contribution in [2.45, 2.75) is 25.8 Å². The number of amides is 1. The highest BCUT2D eigenvalue weighted by atomic mass is 16.2. The highest BCUT2D eigenvalue weighted by Crippen LogP contribution is 2.12. The van der Waals surface area contributed by atoms with Gasteiger partial charge in [-0.3, -0.25) is 19.3 Å². The van der Waals surface area contributed by atoms with Crippen LogP contribution in [-0.2, 0) is 9.59 Å². The van der Waals surface area contributed by atoms with Crippen LogP contribution in [0.2, 0.25) is 0 Å². The van der Waals surface area contributed by atoms with Gasteiger partial charge in [0, 0.05) is 24.6 Å². The molecule has 0 bridgehead atoms. The second kappa shape index (κ2) is 12.8. The fourth-order valence-corrected chi connectivity index (χ4v) is 2.18. The molecule has 6 nitrogen and oxygen atoms in total. The smallest absolute Gasteiger partial charge is 0.237 e. The summed E-state index contributed by atoms with van der Waals surface area (Å²) in [6.45, 7) is 1.86. The quantitative estimate of drug-likeness (QED) is 0.728. The van der Waals surface area contributed by atoms with Crippen molar-refractivity contribution < 1.29 is 19.2 Å². The van der Waals surface area contributed by atoms with Crippen molar-refractivity contribution in [1.82, 2.24) is 10.2 Å². The Morgan fingerprint density at radius 2 is 1.80 bits per heavy atom. The number of carbonyl (C=O) groups excluding carboxylic acids is 4. The van der Waals surface area contributed by atoms with Gasteiger partial charge in [-0.2, -0.15) is 0 Å². The number of aldehydes is 3. The minimum absolute atomic E-state index is 0.0400. The molecule has 0 heterocycles. The van der Waals surface area contributed by atoms with Crippen LogP contribution in [0.1, 0.15) is 46.0 Å². The molecule has 25 heavy (non-hydrogen) atoms. The Morgan fingerprint density at radius 3 is 2.24 bits per heavy atom. The highest BCUT2D eigenvalue weighted by Gasteiger charge is 2.18. The number of rotatable bonds is 8. The fourth-order valence-electron chi connectivity index (χ4n) is 2.18. The second-order valence-corrected chi connectivity index (χ2v) is 5.42. The predicted molar refractivity (Wildman–Crippen MR) is 98.8 cm³/mol. The molecule has 0 fully saturated rings. The standard InChI is InChI=1S/C11H10O2.C8H16N2O2/c1-2-4-9-5-3-6-10(7-12)11(9)8-13;1-9-8(12)7(10(2)3)5-4-6-11/h2-8H,1H3;6-7H,4-5H2,1-3H3,(H,9,12)/b4-2+;. The molecule has 1 N–H and O–H groups in total. The van der Waals surface area contributed by atoms with Crippen LogP contribution >= 0.6 is 0 Å². The first-order valence-electron chi connectivity index (χ1n) is 7.94. The van der Waals surface area contributed by atoms with Crippen molar-refractivity contribution in [3.8, 4) is 0 Å². The van der Waals surface area contributed by atoms with Gasteiger partial charge in [0.15, 0.2) is 12.6 Å². The molecule has 1 atom stereocenters. The topological polar surface area (TPSA) is 83.5 Å². The zero-order valence-corrected chi connectivity index (χ0v) is 15.2. The Balaban J connectivity index is 0.000000463. The first-order valence-corrected chi connectivity index (χ1v) is 7.94. The molecule has 1 amide bonds. The van der Waals surface area contributed by atoms with Crippen LogP contribution in [0, 0.1) is 0 Å². The highest BCUT2D eigenvalue weighted by molar-refractivity contribution is 5.93. The minimum Gasteiger partial charge on any atom is -0.358 e. The van der Waals surface area contributed by atoms with E-state index in [9.17, 15) is 19.2 Å². The van der Waals surface area contributed by atoms with Gasteiger partial charge in [-0.15, -0.1) is 0 Å². The van der Waals surface area contributed by atoms with E-state index in [1.807, 2.05) is 32.0 Å². The maximum Gasteiger partial charge on any atom is 0.237 e. The summed E-state index contributed by atoms with van der Waals surface area (Å²) >= 11 is 0. The van der Waals surface area contributed by atoms with Crippen LogP contribution in [0.25, 0.3) is 6.08 Å². The van der Waals surface area contributed by atoms with Gasteiger partial charge in [-0.25, -0.2) is 0 Å². The number of hydrogen-bond donors (Lipinski definition) is 1. The summed E-state index contributed by atoms with van der Waals surface area (Å²) < 4.78 is 0. The summed E-state index contributed by atoms with van der Waals surface area (Å²) in [7, 11) is 5.25. The lowest BCUT2D eigenvalue weighted by molar-refractivity contribution is -0.125. The Bertz CT molecular complexity index is 609. The first kappa shape index (κ1) is 22.4. The molecule has 1 aromatic carbocycles. The molecule has 0 saturated heterocycles. The van der Waals surface area contributed by atoms with Gasteiger partial charge in [0.25, 0.3) is 0 Å². The van der Waals surface area contributed by atoms with Gasteiger partial charge in [-0.1, -0.05) is 30.4 Å². The number of nitrogens with zero attached hydrogens (tertiary/aromatic N) is 1. The number of carbonyl (C=O) groups is 4. The third-order valence-electron chi connectivity index (χ3n) is 3.49. The molecular weight excluding hydrogens is 320 g/mol. The summed E-state index contributed by atoms with van der Waals surface area (Å²) in [5.41, 5.74) is 1.67. The van der Waals surface area contributed by atoms with E-state index in [1.54, 1.807) is 31.3 Å². The Morgan fingerprint density at radius 1 is 1.16 bits per heavy atom. The molecule has 0 aliphatic heterocycles. The molecule has 0 radical (unpaired) electrons. The maximum atomic E-state index is 11.2. The molecule has 0 aromatic heterocycles. The molecule has 0 aliphatic rings. The van der Waals surface area contributed by atoms with Crippen LogP contribution in [-0.4, -0.2) is 56.9 Å². The van der Waals surface area contributed by atoms with E-state index in [1.165, 1.54) is 0 Å². The van der Waals surface area contributed by atoms with E-state index >= 15 is 0 Å². The van der Waals surface area contributed by atoms with Gasteiger partial charge in [0.2, 0.25) is 5.91 Å². The van der Waals surface area contributed by atoms with Gasteiger partial charge in [-0.05, 0) is 33.0 Å². The molecule has 1 unspecified atom stereocenters. The van der Waals surface area contributed by atoms with E-state index < -0.39 is 0 Å². The lowest BCUT2D eigenvalue weighted by Gasteiger charge is -2.21. The Kier molecular flexibility index (Phi) is 11.4. The number of nitrogens with one attached hydrogen (secondary N) is 1. The molecule has 6 heteroatoms. The van der Waals surface area contributed by atoms with Crippen LogP contribution in [0.4, 0.5) is 0 Å². The third kappa shape index (κ3) is 7.67. The molecule has 136 valence electrons. The summed E-state index contributed by atoms with van der Waals surface area (Å²) in [6, 6.07) is 4.99. The van der Waals surface area contributed by atoms with Crippen LogP contribution < -0.4 is 5.32 Å². The average molecular weight is 346 g/mol. The van der Waals surface area contributed by atoms with Crippen molar-refractivity contribution in [3.05, 3.63) is 41.0 Å². The SMILES string of the molecule is C/C=C/c1cccc(C=O)c1C=O.CNC(=O)C(CCC=O)N(C)C. The van der Waals surface area contributed by atoms with Crippen molar-refractivity contribution >= 4 is 30.8 Å². The lowest BCUT2D eigenvalue weighted by Crippen LogP contribution is -2.42. The Labute approximate surface area is 148 Å². The lowest BCUT2D eigenvalue weighted by atomic mass is 10.0. The summed E-state index contributed by atoms with van der Waals surface area (Å²) in [5.74, 6) is -0.0400. The van der Waals surface area contributed by atoms with Crippen LogP contribution in [0.15, 0.2) is 24.3 Å². The monoisotopic (exact) mass is 346 g/mol. The normalized spacial score (nSPS) is 11.4. The largest absolute Gasteiger partial charge is 0.358 e. The van der Waals surface area contributed by atoms with Crippen molar-refractivity contribution in [2.24, 2.45) is 0 Å². The van der Waals surface area contributed by atoms with E-state index in [0.29, 0.717) is 36.5 Å². The number of likely N-dealkylation sites (N-methyl/N-ethyl adjacent to an activating group) is 2. The summed E-state index contributed by atoms with van der Waals surface area (Å²) in [6.07, 6.45) is 6.87. The molecular formula is C19H26N2O4. The molecule has 0 saturated carbocycles. The van der Waals surface area contributed by atoms with Crippen LogP contribution in [0.3, 0.4) is 0 Å². The van der Waals surface area contributed by atoms with E-state index in [2.05, 4.69) is 5.32 Å². The zero-order chi connectivity index (χ0) is 19.2. The number of hydrogen-bond acceptors (Lipinski definition) is 5. The molecule has 1 rings (SSSR count). The van der Waals surface area contributed by atoms with Crippen LogP contribution in [0.5, 0.6) is 0 Å².